The zero-order valence-electron chi connectivity index (χ0n) is 11.9. The van der Waals surface area contributed by atoms with Crippen LogP contribution >= 0.6 is 0 Å². The largest absolute Gasteiger partial charge is 0.389 e. The van der Waals surface area contributed by atoms with Gasteiger partial charge in [-0.3, -0.25) is 0 Å². The van der Waals surface area contributed by atoms with Gasteiger partial charge in [-0.05, 0) is 34.1 Å². The second kappa shape index (κ2) is 7.54. The first-order valence-corrected chi connectivity index (χ1v) is 6.54. The van der Waals surface area contributed by atoms with Crippen LogP contribution in [-0.4, -0.2) is 40.8 Å². The van der Waals surface area contributed by atoms with Crippen molar-refractivity contribution in [3.05, 3.63) is 0 Å². The zero-order valence-corrected chi connectivity index (χ0v) is 11.9. The number of urea groups is 1. The van der Waals surface area contributed by atoms with E-state index in [4.69, 9.17) is 0 Å². The first-order chi connectivity index (χ1) is 7.78. The van der Waals surface area contributed by atoms with Crippen molar-refractivity contribution < 1.29 is 9.90 Å². The van der Waals surface area contributed by atoms with Crippen molar-refractivity contribution in [2.75, 3.05) is 13.1 Å². The summed E-state index contributed by atoms with van der Waals surface area (Å²) in [5.41, 5.74) is -0.856. The Kier molecular flexibility index (Phi) is 7.19. The second-order valence-corrected chi connectivity index (χ2v) is 5.47. The molecule has 0 heterocycles. The Hall–Kier alpha value is -0.770. The third-order valence-electron chi connectivity index (χ3n) is 2.50. The molecule has 0 atom stereocenters. The molecule has 0 unspecified atom stereocenters. The van der Waals surface area contributed by atoms with Crippen molar-refractivity contribution in [3.8, 4) is 0 Å². The van der Waals surface area contributed by atoms with E-state index in [1.807, 2.05) is 13.8 Å². The van der Waals surface area contributed by atoms with Crippen LogP contribution in [0.1, 0.15) is 53.9 Å². The summed E-state index contributed by atoms with van der Waals surface area (Å²) in [5.74, 6) is 0. The molecule has 0 aliphatic carbocycles. The molecule has 102 valence electrons. The molecule has 4 nitrogen and oxygen atoms in total. The molecule has 0 aliphatic heterocycles. The van der Waals surface area contributed by atoms with Gasteiger partial charge in [0, 0.05) is 12.6 Å². The van der Waals surface area contributed by atoms with E-state index in [0.29, 0.717) is 13.1 Å². The van der Waals surface area contributed by atoms with Gasteiger partial charge in [-0.25, -0.2) is 4.79 Å². The highest BCUT2D eigenvalue weighted by atomic mass is 16.3. The van der Waals surface area contributed by atoms with E-state index in [0.717, 1.165) is 19.3 Å². The number of amides is 2. The average Bonchev–Trinajstić information content (AvgIpc) is 2.19. The lowest BCUT2D eigenvalue weighted by molar-refractivity contribution is 0.0388. The van der Waals surface area contributed by atoms with Gasteiger partial charge in [0.25, 0.3) is 0 Å². The highest BCUT2D eigenvalue weighted by Crippen LogP contribution is 2.08. The quantitative estimate of drug-likeness (QED) is 0.676. The van der Waals surface area contributed by atoms with Crippen LogP contribution in [0.15, 0.2) is 0 Å². The minimum Gasteiger partial charge on any atom is -0.389 e. The fourth-order valence-electron chi connectivity index (χ4n) is 1.58. The molecule has 0 aromatic carbocycles. The predicted molar refractivity (Wildman–Crippen MR) is 71.1 cm³/mol. The lowest BCUT2D eigenvalue weighted by Crippen LogP contribution is -2.50. The summed E-state index contributed by atoms with van der Waals surface area (Å²) in [7, 11) is 0. The van der Waals surface area contributed by atoms with Crippen molar-refractivity contribution in [2.24, 2.45) is 0 Å². The third kappa shape index (κ3) is 8.02. The standard InChI is InChI=1S/C13H28N2O2/c1-6-7-8-9-14-12(16)15(11(2)3)10-13(4,5)17/h11,17H,6-10H2,1-5H3,(H,14,16). The number of carbonyl (C=O) groups is 1. The number of unbranched alkanes of at least 4 members (excludes halogenated alkanes) is 2. The number of aliphatic hydroxyl groups is 1. The topological polar surface area (TPSA) is 52.6 Å². The summed E-state index contributed by atoms with van der Waals surface area (Å²) < 4.78 is 0. The van der Waals surface area contributed by atoms with Crippen molar-refractivity contribution in [1.29, 1.82) is 0 Å². The lowest BCUT2D eigenvalue weighted by Gasteiger charge is -2.32. The van der Waals surface area contributed by atoms with Gasteiger partial charge in [0.15, 0.2) is 0 Å². The lowest BCUT2D eigenvalue weighted by atomic mass is 10.1. The molecule has 0 saturated heterocycles. The minimum atomic E-state index is -0.856. The van der Waals surface area contributed by atoms with Crippen LogP contribution in [0.3, 0.4) is 0 Å². The molecule has 0 rings (SSSR count). The average molecular weight is 244 g/mol. The third-order valence-corrected chi connectivity index (χ3v) is 2.50. The van der Waals surface area contributed by atoms with Gasteiger partial charge in [0.1, 0.15) is 0 Å². The van der Waals surface area contributed by atoms with Gasteiger partial charge in [-0.2, -0.15) is 0 Å². The van der Waals surface area contributed by atoms with Crippen LogP contribution in [-0.2, 0) is 0 Å². The molecule has 0 fully saturated rings. The Morgan fingerprint density at radius 1 is 1.35 bits per heavy atom. The highest BCUT2D eigenvalue weighted by molar-refractivity contribution is 5.74. The number of carbonyl (C=O) groups excluding carboxylic acids is 1. The Morgan fingerprint density at radius 2 is 1.94 bits per heavy atom. The van der Waals surface area contributed by atoms with Gasteiger partial charge in [0.2, 0.25) is 0 Å². The first-order valence-electron chi connectivity index (χ1n) is 6.54. The molecule has 2 amide bonds. The smallest absolute Gasteiger partial charge is 0.317 e. The summed E-state index contributed by atoms with van der Waals surface area (Å²) in [4.78, 5) is 13.6. The van der Waals surface area contributed by atoms with E-state index >= 15 is 0 Å². The van der Waals surface area contributed by atoms with Crippen LogP contribution in [0.2, 0.25) is 0 Å². The molecular weight excluding hydrogens is 216 g/mol. The van der Waals surface area contributed by atoms with E-state index in [-0.39, 0.29) is 12.1 Å². The number of nitrogens with one attached hydrogen (secondary N) is 1. The molecule has 0 spiro atoms. The summed E-state index contributed by atoms with van der Waals surface area (Å²) in [6.07, 6.45) is 3.29. The Morgan fingerprint density at radius 3 is 2.35 bits per heavy atom. The summed E-state index contributed by atoms with van der Waals surface area (Å²) >= 11 is 0. The first kappa shape index (κ1) is 16.2. The van der Waals surface area contributed by atoms with Crippen LogP contribution in [0.5, 0.6) is 0 Å². The van der Waals surface area contributed by atoms with Crippen LogP contribution in [0, 0.1) is 0 Å². The molecule has 0 aromatic rings. The number of hydrogen-bond donors (Lipinski definition) is 2. The highest BCUT2D eigenvalue weighted by Gasteiger charge is 2.24. The second-order valence-electron chi connectivity index (χ2n) is 5.47. The van der Waals surface area contributed by atoms with Crippen LogP contribution in [0.4, 0.5) is 4.79 Å². The molecule has 0 bridgehead atoms. The zero-order chi connectivity index (χ0) is 13.5. The van der Waals surface area contributed by atoms with E-state index < -0.39 is 5.60 Å². The molecule has 17 heavy (non-hydrogen) atoms. The van der Waals surface area contributed by atoms with Crippen LogP contribution < -0.4 is 5.32 Å². The number of rotatable bonds is 7. The van der Waals surface area contributed by atoms with E-state index in [2.05, 4.69) is 12.2 Å². The van der Waals surface area contributed by atoms with Gasteiger partial charge in [-0.15, -0.1) is 0 Å². The van der Waals surface area contributed by atoms with Crippen molar-refractivity contribution in [2.45, 2.75) is 65.5 Å². The fraction of sp³-hybridized carbons (Fsp3) is 0.923. The minimum absolute atomic E-state index is 0.0850. The Labute approximate surface area is 105 Å². The molecule has 0 aromatic heterocycles. The van der Waals surface area contributed by atoms with Crippen LogP contribution in [0.25, 0.3) is 0 Å². The maximum atomic E-state index is 11.9. The molecule has 2 N–H and O–H groups in total. The maximum absolute atomic E-state index is 11.9. The molecule has 0 radical (unpaired) electrons. The Bertz CT molecular complexity index is 222. The molecule has 0 saturated carbocycles. The van der Waals surface area contributed by atoms with Gasteiger partial charge in [0.05, 0.1) is 12.1 Å². The van der Waals surface area contributed by atoms with Crippen molar-refractivity contribution in [1.82, 2.24) is 10.2 Å². The normalized spacial score (nSPS) is 11.7. The molecule has 4 heteroatoms. The van der Waals surface area contributed by atoms with Gasteiger partial charge in [-0.1, -0.05) is 19.8 Å². The summed E-state index contributed by atoms with van der Waals surface area (Å²) in [6, 6.07) is 0.00540. The Balaban J connectivity index is 4.17. The number of nitrogens with zero attached hydrogens (tertiary/aromatic N) is 1. The van der Waals surface area contributed by atoms with Crippen molar-refractivity contribution in [3.63, 3.8) is 0 Å². The SMILES string of the molecule is CCCCCNC(=O)N(CC(C)(C)O)C(C)C. The monoisotopic (exact) mass is 244 g/mol. The fourth-order valence-corrected chi connectivity index (χ4v) is 1.58. The predicted octanol–water partition coefficient (Wildman–Crippen LogP) is 2.37. The van der Waals surface area contributed by atoms with E-state index in [1.165, 1.54) is 0 Å². The van der Waals surface area contributed by atoms with Gasteiger partial charge < -0.3 is 15.3 Å². The van der Waals surface area contributed by atoms with Crippen molar-refractivity contribution >= 4 is 6.03 Å². The van der Waals surface area contributed by atoms with Gasteiger partial charge >= 0.3 is 6.03 Å². The summed E-state index contributed by atoms with van der Waals surface area (Å²) in [6.45, 7) is 10.5. The molecule has 0 aliphatic rings. The number of hydrogen-bond acceptors (Lipinski definition) is 2. The summed E-state index contributed by atoms with van der Waals surface area (Å²) in [5, 5.41) is 12.7. The van der Waals surface area contributed by atoms with E-state index in [9.17, 15) is 9.90 Å². The van der Waals surface area contributed by atoms with E-state index in [1.54, 1.807) is 18.7 Å². The molecular formula is C13H28N2O2. The maximum Gasteiger partial charge on any atom is 0.317 e.